The summed E-state index contributed by atoms with van der Waals surface area (Å²) in [6.45, 7) is 3.33. The Kier molecular flexibility index (Phi) is 5.65. The van der Waals surface area contributed by atoms with Crippen LogP contribution in [0.1, 0.15) is 13.8 Å². The molecule has 0 bridgehead atoms. The molecule has 0 aliphatic rings. The Morgan fingerprint density at radius 3 is 2.56 bits per heavy atom. The van der Waals surface area contributed by atoms with E-state index in [1.54, 1.807) is 0 Å². The number of hydrogen-bond acceptors (Lipinski definition) is 5. The zero-order chi connectivity index (χ0) is 12.8. The van der Waals surface area contributed by atoms with Crippen LogP contribution in [-0.2, 0) is 14.9 Å². The molecule has 0 aromatic heterocycles. The summed E-state index contributed by atoms with van der Waals surface area (Å²) in [4.78, 5) is 0. The second-order valence-electron chi connectivity index (χ2n) is 3.60. The fourth-order valence-electron chi connectivity index (χ4n) is 0.827. The zero-order valence-electron chi connectivity index (χ0n) is 9.52. The Morgan fingerprint density at radius 2 is 2.12 bits per heavy atom. The molecule has 0 spiro atoms. The molecule has 96 valence electrons. The zero-order valence-corrected chi connectivity index (χ0v) is 10.3. The largest absolute Gasteiger partial charge is 0.409 e. The summed E-state index contributed by atoms with van der Waals surface area (Å²) in [7, 11) is -2.26. The molecular formula is C7H18N4O4S. The van der Waals surface area contributed by atoms with Gasteiger partial charge in [0, 0.05) is 13.7 Å². The SMILES string of the molecule is COCCNS(=O)(=O)NC(C)(C)C(N)=NO. The van der Waals surface area contributed by atoms with Crippen LogP contribution in [0.15, 0.2) is 5.16 Å². The minimum atomic E-state index is -3.72. The van der Waals surface area contributed by atoms with E-state index in [0.717, 1.165) is 0 Å². The maximum atomic E-state index is 11.5. The molecule has 0 rings (SSSR count). The van der Waals surface area contributed by atoms with Crippen molar-refractivity contribution >= 4 is 16.0 Å². The molecule has 0 aliphatic carbocycles. The fraction of sp³-hybridized carbons (Fsp3) is 0.857. The van der Waals surface area contributed by atoms with E-state index in [0.29, 0.717) is 0 Å². The lowest BCUT2D eigenvalue weighted by atomic mass is 10.1. The Morgan fingerprint density at radius 1 is 1.56 bits per heavy atom. The Balaban J connectivity index is 4.47. The average molecular weight is 254 g/mol. The molecule has 16 heavy (non-hydrogen) atoms. The van der Waals surface area contributed by atoms with E-state index >= 15 is 0 Å². The van der Waals surface area contributed by atoms with Crippen molar-refractivity contribution in [2.75, 3.05) is 20.3 Å². The van der Waals surface area contributed by atoms with E-state index in [-0.39, 0.29) is 19.0 Å². The van der Waals surface area contributed by atoms with Crippen LogP contribution in [0.25, 0.3) is 0 Å². The number of hydrogen-bond donors (Lipinski definition) is 4. The van der Waals surface area contributed by atoms with Crippen molar-refractivity contribution in [2.45, 2.75) is 19.4 Å². The number of nitrogens with zero attached hydrogens (tertiary/aromatic N) is 1. The Bertz CT molecular complexity index is 338. The second kappa shape index (κ2) is 5.99. The van der Waals surface area contributed by atoms with Crippen LogP contribution in [0.5, 0.6) is 0 Å². The van der Waals surface area contributed by atoms with Crippen LogP contribution in [-0.4, -0.2) is 45.3 Å². The van der Waals surface area contributed by atoms with Crippen molar-refractivity contribution in [1.29, 1.82) is 0 Å². The van der Waals surface area contributed by atoms with Gasteiger partial charge in [-0.05, 0) is 13.8 Å². The first-order valence-corrected chi connectivity index (χ1v) is 5.99. The number of nitrogens with one attached hydrogen (secondary N) is 2. The predicted octanol–water partition coefficient (Wildman–Crippen LogP) is -1.42. The molecule has 9 heteroatoms. The van der Waals surface area contributed by atoms with E-state index in [9.17, 15) is 8.42 Å². The highest BCUT2D eigenvalue weighted by Crippen LogP contribution is 2.03. The molecule has 0 saturated carbocycles. The number of ether oxygens (including phenoxy) is 1. The third kappa shape index (κ3) is 5.26. The number of methoxy groups -OCH3 is 1. The molecule has 0 fully saturated rings. The summed E-state index contributed by atoms with van der Waals surface area (Å²) in [5.41, 5.74) is 4.16. The standard InChI is InChI=1S/C7H18N4O4S/c1-7(2,6(8)10-12)11-16(13,14)9-4-5-15-3/h9,11-12H,4-5H2,1-3H3,(H2,8,10). The molecule has 0 aliphatic heterocycles. The van der Waals surface area contributed by atoms with E-state index in [2.05, 4.69) is 14.6 Å². The van der Waals surface area contributed by atoms with Gasteiger partial charge in [0.1, 0.15) is 0 Å². The summed E-state index contributed by atoms with van der Waals surface area (Å²) in [6, 6.07) is 0. The first-order chi connectivity index (χ1) is 7.25. The smallest absolute Gasteiger partial charge is 0.277 e. The summed E-state index contributed by atoms with van der Waals surface area (Å²) >= 11 is 0. The number of oxime groups is 1. The van der Waals surface area contributed by atoms with Gasteiger partial charge >= 0.3 is 0 Å². The number of amidine groups is 1. The normalized spacial score (nSPS) is 14.1. The molecule has 0 heterocycles. The Labute approximate surface area is 95.0 Å². The molecule has 0 radical (unpaired) electrons. The average Bonchev–Trinajstić information content (AvgIpc) is 2.15. The van der Waals surface area contributed by atoms with Crippen LogP contribution in [0.4, 0.5) is 0 Å². The van der Waals surface area contributed by atoms with Gasteiger partial charge in [0.05, 0.1) is 12.1 Å². The van der Waals surface area contributed by atoms with Crippen molar-refractivity contribution in [3.8, 4) is 0 Å². The molecule has 0 unspecified atom stereocenters. The van der Waals surface area contributed by atoms with Gasteiger partial charge in [-0.3, -0.25) is 0 Å². The predicted molar refractivity (Wildman–Crippen MR) is 59.4 cm³/mol. The third-order valence-electron chi connectivity index (χ3n) is 1.74. The molecular weight excluding hydrogens is 236 g/mol. The van der Waals surface area contributed by atoms with Gasteiger partial charge in [-0.1, -0.05) is 5.16 Å². The molecule has 0 atom stereocenters. The lowest BCUT2D eigenvalue weighted by Gasteiger charge is -2.24. The quantitative estimate of drug-likeness (QED) is 0.146. The maximum Gasteiger partial charge on any atom is 0.277 e. The number of nitrogens with two attached hydrogens (primary N) is 1. The highest BCUT2D eigenvalue weighted by atomic mass is 32.2. The van der Waals surface area contributed by atoms with Crippen molar-refractivity contribution < 1.29 is 18.4 Å². The van der Waals surface area contributed by atoms with E-state index in [1.807, 2.05) is 0 Å². The van der Waals surface area contributed by atoms with Gasteiger partial charge in [-0.2, -0.15) is 17.9 Å². The molecule has 0 amide bonds. The second-order valence-corrected chi connectivity index (χ2v) is 5.10. The van der Waals surface area contributed by atoms with Gasteiger partial charge in [0.2, 0.25) is 0 Å². The summed E-state index contributed by atoms with van der Waals surface area (Å²) in [6.07, 6.45) is 0. The monoisotopic (exact) mass is 254 g/mol. The van der Waals surface area contributed by atoms with Crippen LogP contribution >= 0.6 is 0 Å². The van der Waals surface area contributed by atoms with Crippen LogP contribution in [0, 0.1) is 0 Å². The van der Waals surface area contributed by atoms with Crippen LogP contribution in [0.3, 0.4) is 0 Å². The lowest BCUT2D eigenvalue weighted by molar-refractivity contribution is 0.204. The van der Waals surface area contributed by atoms with Gasteiger partial charge in [-0.15, -0.1) is 0 Å². The number of rotatable bonds is 7. The third-order valence-corrected chi connectivity index (χ3v) is 3.10. The van der Waals surface area contributed by atoms with Gasteiger partial charge in [0.15, 0.2) is 5.84 Å². The molecule has 8 nitrogen and oxygen atoms in total. The Hall–Kier alpha value is -0.900. The summed E-state index contributed by atoms with van der Waals surface area (Å²) in [5.74, 6) is -0.232. The highest BCUT2D eigenvalue weighted by molar-refractivity contribution is 7.87. The first kappa shape index (κ1) is 15.1. The van der Waals surface area contributed by atoms with E-state index < -0.39 is 15.7 Å². The maximum absolute atomic E-state index is 11.5. The van der Waals surface area contributed by atoms with Crippen LogP contribution < -0.4 is 15.2 Å². The summed E-state index contributed by atoms with van der Waals surface area (Å²) < 4.78 is 32.1. The topological polar surface area (TPSA) is 126 Å². The van der Waals surface area contributed by atoms with Gasteiger partial charge < -0.3 is 15.7 Å². The van der Waals surface area contributed by atoms with E-state index in [4.69, 9.17) is 15.7 Å². The van der Waals surface area contributed by atoms with E-state index in [1.165, 1.54) is 21.0 Å². The summed E-state index contributed by atoms with van der Waals surface area (Å²) in [5, 5.41) is 11.2. The van der Waals surface area contributed by atoms with Crippen LogP contribution in [0.2, 0.25) is 0 Å². The molecule has 0 aromatic rings. The van der Waals surface area contributed by atoms with Gasteiger partial charge in [-0.25, -0.2) is 0 Å². The van der Waals surface area contributed by atoms with Crippen molar-refractivity contribution in [1.82, 2.24) is 9.44 Å². The first-order valence-electron chi connectivity index (χ1n) is 4.50. The van der Waals surface area contributed by atoms with Crippen molar-refractivity contribution in [2.24, 2.45) is 10.9 Å². The molecule has 0 saturated heterocycles. The minimum absolute atomic E-state index is 0.137. The highest BCUT2D eigenvalue weighted by Gasteiger charge is 2.28. The lowest BCUT2D eigenvalue weighted by Crippen LogP contribution is -2.56. The minimum Gasteiger partial charge on any atom is -0.409 e. The molecule has 5 N–H and O–H groups in total. The van der Waals surface area contributed by atoms with Gasteiger partial charge in [0.25, 0.3) is 10.2 Å². The van der Waals surface area contributed by atoms with Crippen molar-refractivity contribution in [3.05, 3.63) is 0 Å². The van der Waals surface area contributed by atoms with Crippen molar-refractivity contribution in [3.63, 3.8) is 0 Å². The fourth-order valence-corrected chi connectivity index (χ4v) is 2.03. The molecule has 0 aromatic carbocycles.